The SMILES string of the molecule is CC(C)N(C(=O)C(C)(C)N)c1ccc([N+](=O)[O-])cc1. The molecule has 2 N–H and O–H groups in total. The Morgan fingerprint density at radius 2 is 1.79 bits per heavy atom. The first kappa shape index (κ1) is 15.1. The molecule has 0 aliphatic heterocycles. The van der Waals surface area contributed by atoms with Crippen molar-refractivity contribution in [1.29, 1.82) is 0 Å². The normalized spacial score (nSPS) is 11.5. The number of non-ortho nitro benzene ring substituents is 1. The second-order valence-electron chi connectivity index (χ2n) is 5.26. The summed E-state index contributed by atoms with van der Waals surface area (Å²) in [4.78, 5) is 24.0. The minimum Gasteiger partial charge on any atom is -0.318 e. The third kappa shape index (κ3) is 3.51. The smallest absolute Gasteiger partial charge is 0.269 e. The third-order valence-corrected chi connectivity index (χ3v) is 2.63. The summed E-state index contributed by atoms with van der Waals surface area (Å²) in [7, 11) is 0. The minimum absolute atomic E-state index is 0.00749. The maximum Gasteiger partial charge on any atom is 0.269 e. The molecule has 0 radical (unpaired) electrons. The van der Waals surface area contributed by atoms with Crippen molar-refractivity contribution < 1.29 is 9.72 Å². The fourth-order valence-electron chi connectivity index (χ4n) is 1.70. The predicted molar refractivity (Wildman–Crippen MR) is 74.0 cm³/mol. The summed E-state index contributed by atoms with van der Waals surface area (Å²) in [6.07, 6.45) is 0. The number of benzene rings is 1. The van der Waals surface area contributed by atoms with E-state index >= 15 is 0 Å². The van der Waals surface area contributed by atoms with Crippen LogP contribution in [0.5, 0.6) is 0 Å². The number of anilines is 1. The third-order valence-electron chi connectivity index (χ3n) is 2.63. The highest BCUT2D eigenvalue weighted by Gasteiger charge is 2.30. The number of nitro groups is 1. The van der Waals surface area contributed by atoms with Crippen LogP contribution in [0.25, 0.3) is 0 Å². The van der Waals surface area contributed by atoms with Crippen LogP contribution in [0.2, 0.25) is 0 Å². The highest BCUT2D eigenvalue weighted by Crippen LogP contribution is 2.23. The zero-order valence-electron chi connectivity index (χ0n) is 11.6. The average molecular weight is 265 g/mol. The zero-order chi connectivity index (χ0) is 14.8. The Bertz CT molecular complexity index is 475. The van der Waals surface area contributed by atoms with Gasteiger partial charge in [-0.15, -0.1) is 0 Å². The quantitative estimate of drug-likeness (QED) is 0.666. The molecular weight excluding hydrogens is 246 g/mol. The van der Waals surface area contributed by atoms with Crippen molar-refractivity contribution >= 4 is 17.3 Å². The van der Waals surface area contributed by atoms with Gasteiger partial charge in [0.15, 0.2) is 0 Å². The maximum atomic E-state index is 12.3. The molecule has 0 aromatic heterocycles. The van der Waals surface area contributed by atoms with Gasteiger partial charge in [0.25, 0.3) is 5.69 Å². The van der Waals surface area contributed by atoms with Crippen LogP contribution in [0, 0.1) is 10.1 Å². The lowest BCUT2D eigenvalue weighted by Gasteiger charge is -2.32. The van der Waals surface area contributed by atoms with Gasteiger partial charge in [0, 0.05) is 23.9 Å². The number of carbonyl (C=O) groups excluding carboxylic acids is 1. The van der Waals surface area contributed by atoms with Crippen LogP contribution in [0.15, 0.2) is 24.3 Å². The van der Waals surface area contributed by atoms with Crippen molar-refractivity contribution in [3.8, 4) is 0 Å². The van der Waals surface area contributed by atoms with E-state index in [-0.39, 0.29) is 17.6 Å². The van der Waals surface area contributed by atoms with Crippen molar-refractivity contribution in [1.82, 2.24) is 0 Å². The molecular formula is C13H19N3O3. The number of hydrogen-bond donors (Lipinski definition) is 1. The molecule has 1 rings (SSSR count). The van der Waals surface area contributed by atoms with Gasteiger partial charge in [0.1, 0.15) is 0 Å². The molecule has 0 atom stereocenters. The van der Waals surface area contributed by atoms with Crippen LogP contribution in [-0.2, 0) is 4.79 Å². The van der Waals surface area contributed by atoms with Gasteiger partial charge in [-0.05, 0) is 39.8 Å². The molecule has 0 aliphatic carbocycles. The summed E-state index contributed by atoms with van der Waals surface area (Å²) in [5, 5.41) is 10.6. The van der Waals surface area contributed by atoms with E-state index in [2.05, 4.69) is 0 Å². The Morgan fingerprint density at radius 3 is 2.11 bits per heavy atom. The van der Waals surface area contributed by atoms with E-state index in [4.69, 9.17) is 5.73 Å². The molecule has 1 aromatic rings. The van der Waals surface area contributed by atoms with Gasteiger partial charge in [0.2, 0.25) is 5.91 Å². The van der Waals surface area contributed by atoms with E-state index in [1.54, 1.807) is 30.9 Å². The first-order valence-electron chi connectivity index (χ1n) is 6.01. The molecule has 0 unspecified atom stereocenters. The summed E-state index contributed by atoms with van der Waals surface area (Å²) in [6, 6.07) is 5.78. The fraction of sp³-hybridized carbons (Fsp3) is 0.462. The van der Waals surface area contributed by atoms with Gasteiger partial charge < -0.3 is 10.6 Å². The zero-order valence-corrected chi connectivity index (χ0v) is 11.6. The lowest BCUT2D eigenvalue weighted by Crippen LogP contribution is -2.53. The largest absolute Gasteiger partial charge is 0.318 e. The summed E-state index contributed by atoms with van der Waals surface area (Å²) in [6.45, 7) is 7.00. The van der Waals surface area contributed by atoms with Gasteiger partial charge in [-0.2, -0.15) is 0 Å². The van der Waals surface area contributed by atoms with Crippen molar-refractivity contribution in [2.24, 2.45) is 5.73 Å². The van der Waals surface area contributed by atoms with Crippen molar-refractivity contribution in [3.05, 3.63) is 34.4 Å². The second-order valence-corrected chi connectivity index (χ2v) is 5.26. The van der Waals surface area contributed by atoms with Crippen LogP contribution < -0.4 is 10.6 Å². The molecule has 0 bridgehead atoms. The molecule has 0 heterocycles. The summed E-state index contributed by atoms with van der Waals surface area (Å²) in [5.74, 6) is -0.226. The number of nitro benzene ring substituents is 1. The highest BCUT2D eigenvalue weighted by atomic mass is 16.6. The number of rotatable bonds is 4. The lowest BCUT2D eigenvalue weighted by molar-refractivity contribution is -0.384. The Labute approximate surface area is 112 Å². The number of nitrogens with two attached hydrogens (primary N) is 1. The van der Waals surface area contributed by atoms with Crippen LogP contribution in [-0.4, -0.2) is 22.4 Å². The molecule has 0 saturated heterocycles. The minimum atomic E-state index is -0.994. The highest BCUT2D eigenvalue weighted by molar-refractivity contribution is 6.00. The van der Waals surface area contributed by atoms with Crippen LogP contribution in [0.4, 0.5) is 11.4 Å². The van der Waals surface area contributed by atoms with Gasteiger partial charge in [-0.25, -0.2) is 0 Å². The Morgan fingerprint density at radius 1 is 1.32 bits per heavy atom. The molecule has 1 aromatic carbocycles. The van der Waals surface area contributed by atoms with E-state index in [1.807, 2.05) is 13.8 Å². The van der Waals surface area contributed by atoms with E-state index in [0.29, 0.717) is 5.69 Å². The number of carbonyl (C=O) groups is 1. The van der Waals surface area contributed by atoms with Crippen molar-refractivity contribution in [3.63, 3.8) is 0 Å². The van der Waals surface area contributed by atoms with Crippen LogP contribution >= 0.6 is 0 Å². The van der Waals surface area contributed by atoms with E-state index < -0.39 is 10.5 Å². The topological polar surface area (TPSA) is 89.5 Å². The van der Waals surface area contributed by atoms with E-state index in [9.17, 15) is 14.9 Å². The fourth-order valence-corrected chi connectivity index (χ4v) is 1.70. The van der Waals surface area contributed by atoms with Crippen LogP contribution in [0.3, 0.4) is 0 Å². The first-order chi connectivity index (χ1) is 8.64. The second kappa shape index (κ2) is 5.36. The van der Waals surface area contributed by atoms with Gasteiger partial charge >= 0.3 is 0 Å². The summed E-state index contributed by atoms with van der Waals surface area (Å²) >= 11 is 0. The number of hydrogen-bond acceptors (Lipinski definition) is 4. The molecule has 1 amide bonds. The molecule has 0 fully saturated rings. The number of amides is 1. The first-order valence-corrected chi connectivity index (χ1v) is 6.01. The van der Waals surface area contributed by atoms with Crippen LogP contribution in [0.1, 0.15) is 27.7 Å². The Hall–Kier alpha value is -1.95. The molecule has 6 nitrogen and oxygen atoms in total. The average Bonchev–Trinajstić information content (AvgIpc) is 2.28. The van der Waals surface area contributed by atoms with Crippen molar-refractivity contribution in [2.75, 3.05) is 4.90 Å². The van der Waals surface area contributed by atoms with E-state index in [1.165, 1.54) is 12.1 Å². The van der Waals surface area contributed by atoms with Crippen molar-refractivity contribution in [2.45, 2.75) is 39.3 Å². The van der Waals surface area contributed by atoms with E-state index in [0.717, 1.165) is 0 Å². The molecule has 104 valence electrons. The summed E-state index contributed by atoms with van der Waals surface area (Å²) in [5.41, 5.74) is 5.43. The number of nitrogens with zero attached hydrogens (tertiary/aromatic N) is 2. The lowest BCUT2D eigenvalue weighted by atomic mass is 10.0. The summed E-state index contributed by atoms with van der Waals surface area (Å²) < 4.78 is 0. The van der Waals surface area contributed by atoms with Gasteiger partial charge in [-0.1, -0.05) is 0 Å². The van der Waals surface area contributed by atoms with Gasteiger partial charge in [0.05, 0.1) is 10.5 Å². The standard InChI is InChI=1S/C13H19N3O3/c1-9(2)15(12(17)13(3,4)14)10-5-7-11(8-6-10)16(18)19/h5-9H,14H2,1-4H3. The molecule has 19 heavy (non-hydrogen) atoms. The molecule has 0 saturated carbocycles. The Kier molecular flexibility index (Phi) is 4.26. The molecule has 0 aliphatic rings. The monoisotopic (exact) mass is 265 g/mol. The predicted octanol–water partition coefficient (Wildman–Crippen LogP) is 2.07. The molecule has 0 spiro atoms. The maximum absolute atomic E-state index is 12.3. The molecule has 6 heteroatoms. The van der Waals surface area contributed by atoms with Gasteiger partial charge in [-0.3, -0.25) is 14.9 Å². The Balaban J connectivity index is 3.14.